The summed E-state index contributed by atoms with van der Waals surface area (Å²) < 4.78 is 35.8. The highest BCUT2D eigenvalue weighted by Crippen LogP contribution is 2.34. The Labute approximate surface area is 163 Å². The van der Waals surface area contributed by atoms with Crippen molar-refractivity contribution in [2.45, 2.75) is 11.8 Å². The van der Waals surface area contributed by atoms with Crippen LogP contribution in [0.4, 0.5) is 11.4 Å². The smallest absolute Gasteiger partial charge is 0.341 e. The number of ether oxygens (including phenoxy) is 1. The molecule has 0 amide bonds. The highest BCUT2D eigenvalue weighted by atomic mass is 32.2. The number of hydrogen-bond donors (Lipinski definition) is 1. The summed E-state index contributed by atoms with van der Waals surface area (Å²) in [5.41, 5.74) is 1.28. The van der Waals surface area contributed by atoms with Crippen LogP contribution in [0, 0.1) is 6.92 Å². The summed E-state index contributed by atoms with van der Waals surface area (Å²) >= 11 is 0. The van der Waals surface area contributed by atoms with Gasteiger partial charge in [-0.2, -0.15) is 8.42 Å². The Morgan fingerprint density at radius 2 is 1.61 bits per heavy atom. The van der Waals surface area contributed by atoms with Crippen LogP contribution in [0.15, 0.2) is 81.9 Å². The molecule has 1 N–H and O–H groups in total. The predicted octanol–water partition coefficient (Wildman–Crippen LogP) is 4.89. The molecule has 0 aliphatic carbocycles. The molecular weight excluding hydrogens is 380 g/mol. The molecule has 3 rings (SSSR count). The van der Waals surface area contributed by atoms with Crippen LogP contribution in [0.1, 0.15) is 5.56 Å². The van der Waals surface area contributed by atoms with Crippen molar-refractivity contribution >= 4 is 21.5 Å². The van der Waals surface area contributed by atoms with Crippen LogP contribution >= 0.6 is 0 Å². The average Bonchev–Trinajstić information content (AvgIpc) is 2.67. The molecule has 0 atom stereocenters. The molecule has 3 aromatic carbocycles. The molecular formula is C20H18N2O5S. The van der Waals surface area contributed by atoms with E-state index in [1.54, 1.807) is 42.5 Å². The van der Waals surface area contributed by atoms with Crippen molar-refractivity contribution in [3.8, 4) is 17.2 Å². The number of rotatable bonds is 6. The van der Waals surface area contributed by atoms with Crippen LogP contribution in [-0.4, -0.2) is 20.6 Å². The fourth-order valence-corrected chi connectivity index (χ4v) is 3.47. The molecule has 7 nitrogen and oxygen atoms in total. The molecule has 0 saturated heterocycles. The Hall–Kier alpha value is -3.39. The molecule has 0 saturated carbocycles. The van der Waals surface area contributed by atoms with E-state index in [0.29, 0.717) is 11.4 Å². The standard InChI is InChI=1S/C20H18N2O5S/c1-14-8-11-20(28(24,25)27-16-6-4-3-5-7-16)18(12-14)22-21-17-10-9-15(23)13-19(17)26-2/h3-13,23H,1-2H3. The van der Waals surface area contributed by atoms with Crippen molar-refractivity contribution in [1.82, 2.24) is 0 Å². The van der Waals surface area contributed by atoms with Crippen molar-refractivity contribution in [1.29, 1.82) is 0 Å². The number of hydrogen-bond acceptors (Lipinski definition) is 7. The van der Waals surface area contributed by atoms with Gasteiger partial charge in [-0.25, -0.2) is 0 Å². The van der Waals surface area contributed by atoms with Crippen LogP contribution < -0.4 is 8.92 Å². The lowest BCUT2D eigenvalue weighted by atomic mass is 10.2. The molecule has 0 aliphatic rings. The van der Waals surface area contributed by atoms with Crippen LogP contribution in [0.3, 0.4) is 0 Å². The zero-order chi connectivity index (χ0) is 20.1. The van der Waals surface area contributed by atoms with Gasteiger partial charge in [-0.05, 0) is 48.9 Å². The van der Waals surface area contributed by atoms with Crippen LogP contribution in [-0.2, 0) is 10.1 Å². The fourth-order valence-electron chi connectivity index (χ4n) is 2.42. The maximum atomic E-state index is 12.7. The van der Waals surface area contributed by atoms with Gasteiger partial charge in [-0.1, -0.05) is 24.3 Å². The van der Waals surface area contributed by atoms with Gasteiger partial charge in [0, 0.05) is 6.07 Å². The van der Waals surface area contributed by atoms with Crippen LogP contribution in [0.5, 0.6) is 17.2 Å². The van der Waals surface area contributed by atoms with E-state index >= 15 is 0 Å². The lowest BCUT2D eigenvalue weighted by molar-refractivity contribution is 0.408. The van der Waals surface area contributed by atoms with Crippen LogP contribution in [0.25, 0.3) is 0 Å². The Balaban J connectivity index is 2.00. The summed E-state index contributed by atoms with van der Waals surface area (Å²) in [5.74, 6) is 0.526. The van der Waals surface area contributed by atoms with Gasteiger partial charge in [-0.15, -0.1) is 10.2 Å². The molecule has 0 unspecified atom stereocenters. The molecule has 0 radical (unpaired) electrons. The molecule has 0 spiro atoms. The normalized spacial score (nSPS) is 11.5. The van der Waals surface area contributed by atoms with Gasteiger partial charge in [0.25, 0.3) is 0 Å². The molecule has 144 valence electrons. The summed E-state index contributed by atoms with van der Waals surface area (Å²) in [7, 11) is -2.68. The maximum Gasteiger partial charge on any atom is 0.341 e. The predicted molar refractivity (Wildman–Crippen MR) is 104 cm³/mol. The molecule has 0 heterocycles. The largest absolute Gasteiger partial charge is 0.508 e. The van der Waals surface area contributed by atoms with E-state index in [4.69, 9.17) is 8.92 Å². The zero-order valence-corrected chi connectivity index (χ0v) is 16.1. The van der Waals surface area contributed by atoms with E-state index in [-0.39, 0.29) is 22.1 Å². The maximum absolute atomic E-state index is 12.7. The quantitative estimate of drug-likeness (QED) is 0.471. The number of nitrogens with zero attached hydrogens (tertiary/aromatic N) is 2. The first-order valence-electron chi connectivity index (χ1n) is 8.28. The Morgan fingerprint density at radius 3 is 2.32 bits per heavy atom. The zero-order valence-electron chi connectivity index (χ0n) is 15.2. The third kappa shape index (κ3) is 4.47. The Morgan fingerprint density at radius 1 is 0.893 bits per heavy atom. The molecule has 0 bridgehead atoms. The third-order valence-electron chi connectivity index (χ3n) is 3.76. The van der Waals surface area contributed by atoms with Crippen molar-refractivity contribution in [2.24, 2.45) is 10.2 Å². The molecule has 8 heteroatoms. The minimum Gasteiger partial charge on any atom is -0.508 e. The molecule has 28 heavy (non-hydrogen) atoms. The van der Waals surface area contributed by atoms with E-state index in [0.717, 1.165) is 5.56 Å². The molecule has 0 fully saturated rings. The van der Waals surface area contributed by atoms with Crippen molar-refractivity contribution in [2.75, 3.05) is 7.11 Å². The number of para-hydroxylation sites is 1. The monoisotopic (exact) mass is 398 g/mol. The minimum absolute atomic E-state index is 0.0193. The van der Waals surface area contributed by atoms with Gasteiger partial charge in [0.05, 0.1) is 7.11 Å². The number of phenols is 1. The lowest BCUT2D eigenvalue weighted by Crippen LogP contribution is -2.10. The fraction of sp³-hybridized carbons (Fsp3) is 0.100. The summed E-state index contributed by atoms with van der Waals surface area (Å²) in [6.07, 6.45) is 0. The second kappa shape index (κ2) is 8.10. The van der Waals surface area contributed by atoms with E-state index < -0.39 is 10.1 Å². The summed E-state index contributed by atoms with van der Waals surface area (Å²) in [5, 5.41) is 17.7. The third-order valence-corrected chi connectivity index (χ3v) is 5.06. The first kappa shape index (κ1) is 19.4. The second-order valence-corrected chi connectivity index (χ2v) is 7.39. The number of methoxy groups -OCH3 is 1. The first-order chi connectivity index (χ1) is 13.4. The van der Waals surface area contributed by atoms with Gasteiger partial charge >= 0.3 is 10.1 Å². The van der Waals surface area contributed by atoms with Crippen molar-refractivity contribution in [3.05, 3.63) is 72.3 Å². The lowest BCUT2D eigenvalue weighted by Gasteiger charge is -2.09. The average molecular weight is 398 g/mol. The Kier molecular flexibility index (Phi) is 5.60. The topological polar surface area (TPSA) is 97.5 Å². The second-order valence-electron chi connectivity index (χ2n) is 5.88. The van der Waals surface area contributed by atoms with E-state index in [1.165, 1.54) is 31.4 Å². The summed E-state index contributed by atoms with van der Waals surface area (Å²) in [6, 6.07) is 17.2. The van der Waals surface area contributed by atoms with E-state index in [2.05, 4.69) is 10.2 Å². The minimum atomic E-state index is -4.11. The highest BCUT2D eigenvalue weighted by Gasteiger charge is 2.21. The highest BCUT2D eigenvalue weighted by molar-refractivity contribution is 7.87. The van der Waals surface area contributed by atoms with Crippen molar-refractivity contribution < 1.29 is 22.4 Å². The van der Waals surface area contributed by atoms with Gasteiger partial charge in [-0.3, -0.25) is 0 Å². The molecule has 3 aromatic rings. The Bertz CT molecular complexity index is 1110. The molecule has 0 aromatic heterocycles. The SMILES string of the molecule is COc1cc(O)ccc1N=Nc1cc(C)ccc1S(=O)(=O)Oc1ccccc1. The summed E-state index contributed by atoms with van der Waals surface area (Å²) in [4.78, 5) is -0.108. The van der Waals surface area contributed by atoms with Gasteiger partial charge in [0.15, 0.2) is 0 Å². The number of benzene rings is 3. The van der Waals surface area contributed by atoms with Gasteiger partial charge < -0.3 is 14.0 Å². The number of aromatic hydroxyl groups is 1. The van der Waals surface area contributed by atoms with Gasteiger partial charge in [0.1, 0.15) is 33.5 Å². The number of azo groups is 1. The van der Waals surface area contributed by atoms with Crippen LogP contribution in [0.2, 0.25) is 0 Å². The summed E-state index contributed by atoms with van der Waals surface area (Å²) in [6.45, 7) is 1.81. The van der Waals surface area contributed by atoms with Gasteiger partial charge in [0.2, 0.25) is 0 Å². The first-order valence-corrected chi connectivity index (χ1v) is 9.69. The number of phenolic OH excluding ortho intramolecular Hbond substituents is 1. The number of aryl methyl sites for hydroxylation is 1. The van der Waals surface area contributed by atoms with Crippen molar-refractivity contribution in [3.63, 3.8) is 0 Å². The van der Waals surface area contributed by atoms with E-state index in [9.17, 15) is 13.5 Å². The molecule has 0 aliphatic heterocycles. The van der Waals surface area contributed by atoms with E-state index in [1.807, 2.05) is 6.92 Å².